The Labute approximate surface area is 187 Å². The van der Waals surface area contributed by atoms with Crippen LogP contribution in [0.15, 0.2) is 65.3 Å². The summed E-state index contributed by atoms with van der Waals surface area (Å²) in [4.78, 5) is 20.7. The number of nitrogens with one attached hydrogen (secondary N) is 1. The van der Waals surface area contributed by atoms with Crippen LogP contribution in [0.5, 0.6) is 0 Å². The van der Waals surface area contributed by atoms with Gasteiger partial charge < -0.3 is 20.2 Å². The van der Waals surface area contributed by atoms with Gasteiger partial charge in [-0.25, -0.2) is 17.8 Å². The summed E-state index contributed by atoms with van der Waals surface area (Å²) in [5.41, 5.74) is 1.19. The van der Waals surface area contributed by atoms with Gasteiger partial charge in [-0.2, -0.15) is 0 Å². The standard InChI is InChI=1S/C22H27FN4O4S/c1-14(13-32(4,30)31)26(3)18-6-5-11-27-15(2)20(28)19(25-21(18)27)22(29)24-12-16-7-9-17(23)10-8-16/h7-10,18,28H,1-2,5-6,11-13H2,3-4H3,(H,24,29). The Morgan fingerprint density at radius 1 is 1.38 bits per heavy atom. The fourth-order valence-corrected chi connectivity index (χ4v) is 4.53. The molecule has 2 N–H and O–H groups in total. The fourth-order valence-electron chi connectivity index (χ4n) is 3.72. The third-order valence-corrected chi connectivity index (χ3v) is 6.32. The Balaban J connectivity index is 1.83. The van der Waals surface area contributed by atoms with Crippen LogP contribution in [-0.2, 0) is 21.2 Å². The van der Waals surface area contributed by atoms with Crippen molar-refractivity contribution in [1.82, 2.24) is 15.1 Å². The van der Waals surface area contributed by atoms with Crippen molar-refractivity contribution in [3.05, 3.63) is 71.7 Å². The molecule has 2 aliphatic rings. The summed E-state index contributed by atoms with van der Waals surface area (Å²) in [6, 6.07) is 5.37. The zero-order valence-corrected chi connectivity index (χ0v) is 19.0. The van der Waals surface area contributed by atoms with Crippen LogP contribution in [0, 0.1) is 5.82 Å². The zero-order valence-electron chi connectivity index (χ0n) is 18.1. The fraction of sp³-hybridized carbons (Fsp3) is 0.364. The van der Waals surface area contributed by atoms with Gasteiger partial charge in [-0.3, -0.25) is 4.79 Å². The molecule has 172 valence electrons. The van der Waals surface area contributed by atoms with Crippen LogP contribution in [0.25, 0.3) is 0 Å². The molecule has 1 atom stereocenters. The first-order valence-electron chi connectivity index (χ1n) is 10.1. The lowest BCUT2D eigenvalue weighted by Gasteiger charge is -2.43. The number of halogens is 1. The Bertz CT molecular complexity index is 1110. The van der Waals surface area contributed by atoms with Crippen LogP contribution < -0.4 is 5.32 Å². The molecule has 0 bridgehead atoms. The Hall–Kier alpha value is -3.14. The molecular formula is C22H27FN4O4S. The third kappa shape index (κ3) is 5.18. The highest BCUT2D eigenvalue weighted by Crippen LogP contribution is 2.31. The second-order valence-corrected chi connectivity index (χ2v) is 10.1. The van der Waals surface area contributed by atoms with E-state index < -0.39 is 15.7 Å². The normalized spacial score (nSPS) is 18.7. The molecule has 2 heterocycles. The van der Waals surface area contributed by atoms with Gasteiger partial charge in [0.25, 0.3) is 5.91 Å². The summed E-state index contributed by atoms with van der Waals surface area (Å²) in [6.07, 6.45) is 2.58. The summed E-state index contributed by atoms with van der Waals surface area (Å²) in [6.45, 7) is 8.51. The maximum atomic E-state index is 13.1. The highest BCUT2D eigenvalue weighted by molar-refractivity contribution is 7.90. The summed E-state index contributed by atoms with van der Waals surface area (Å²) >= 11 is 0. The number of amides is 1. The molecule has 1 saturated heterocycles. The second kappa shape index (κ2) is 9.15. The van der Waals surface area contributed by atoms with Gasteiger partial charge in [0.2, 0.25) is 0 Å². The second-order valence-electron chi connectivity index (χ2n) is 7.98. The lowest BCUT2D eigenvalue weighted by Crippen LogP contribution is -2.52. The van der Waals surface area contributed by atoms with E-state index in [1.54, 1.807) is 29.0 Å². The highest BCUT2D eigenvalue weighted by atomic mass is 32.2. The topological polar surface area (TPSA) is 102 Å². The molecule has 10 heteroatoms. The van der Waals surface area contributed by atoms with E-state index in [2.05, 4.69) is 23.5 Å². The number of hydrogen-bond donors (Lipinski definition) is 2. The van der Waals surface area contributed by atoms with Crippen molar-refractivity contribution >= 4 is 21.6 Å². The van der Waals surface area contributed by atoms with Crippen molar-refractivity contribution in [2.75, 3.05) is 25.6 Å². The molecule has 1 unspecified atom stereocenters. The lowest BCUT2D eigenvalue weighted by molar-refractivity contribution is -0.117. The first-order chi connectivity index (χ1) is 15.0. The molecule has 1 aromatic carbocycles. The molecule has 2 aliphatic heterocycles. The largest absolute Gasteiger partial charge is 0.504 e. The molecule has 1 amide bonds. The number of aliphatic imine (C=N–C) groups is 1. The number of sulfone groups is 1. The minimum atomic E-state index is -3.27. The number of amidine groups is 1. The summed E-state index contributed by atoms with van der Waals surface area (Å²) < 4.78 is 36.5. The van der Waals surface area contributed by atoms with Gasteiger partial charge in [0.1, 0.15) is 11.7 Å². The molecule has 0 aliphatic carbocycles. The van der Waals surface area contributed by atoms with Gasteiger partial charge in [0.05, 0.1) is 17.5 Å². The maximum absolute atomic E-state index is 13.1. The van der Waals surface area contributed by atoms with Crippen LogP contribution in [-0.4, -0.2) is 66.7 Å². The van der Waals surface area contributed by atoms with E-state index in [9.17, 15) is 22.7 Å². The summed E-state index contributed by atoms with van der Waals surface area (Å²) in [5, 5.41) is 13.3. The van der Waals surface area contributed by atoms with Crippen molar-refractivity contribution in [2.24, 2.45) is 4.99 Å². The number of aliphatic hydroxyl groups is 1. The van der Waals surface area contributed by atoms with Gasteiger partial charge >= 0.3 is 0 Å². The predicted molar refractivity (Wildman–Crippen MR) is 121 cm³/mol. The first-order valence-corrected chi connectivity index (χ1v) is 12.1. The first kappa shape index (κ1) is 23.5. The minimum Gasteiger partial charge on any atom is -0.504 e. The number of nitrogens with zero attached hydrogens (tertiary/aromatic N) is 3. The van der Waals surface area contributed by atoms with Crippen molar-refractivity contribution in [3.63, 3.8) is 0 Å². The van der Waals surface area contributed by atoms with Crippen LogP contribution >= 0.6 is 0 Å². The minimum absolute atomic E-state index is 0.130. The number of piperidine rings is 1. The van der Waals surface area contributed by atoms with Crippen LogP contribution in [0.2, 0.25) is 0 Å². The summed E-state index contributed by atoms with van der Waals surface area (Å²) in [7, 11) is -1.53. The number of hydrogen-bond acceptors (Lipinski definition) is 7. The predicted octanol–water partition coefficient (Wildman–Crippen LogP) is 2.09. The number of carbonyl (C=O) groups excluding carboxylic acids is 1. The molecular weight excluding hydrogens is 435 g/mol. The van der Waals surface area contributed by atoms with E-state index in [0.717, 1.165) is 12.7 Å². The molecule has 1 aromatic rings. The van der Waals surface area contributed by atoms with E-state index in [0.29, 0.717) is 30.1 Å². The molecule has 3 rings (SSSR count). The third-order valence-electron chi connectivity index (χ3n) is 5.46. The van der Waals surface area contributed by atoms with Crippen molar-refractivity contribution < 1.29 is 22.7 Å². The Morgan fingerprint density at radius 3 is 2.66 bits per heavy atom. The smallest absolute Gasteiger partial charge is 0.274 e. The van der Waals surface area contributed by atoms with Crippen LogP contribution in [0.3, 0.4) is 0 Å². The maximum Gasteiger partial charge on any atom is 0.274 e. The highest BCUT2D eigenvalue weighted by Gasteiger charge is 2.37. The van der Waals surface area contributed by atoms with Crippen LogP contribution in [0.1, 0.15) is 18.4 Å². The van der Waals surface area contributed by atoms with Gasteiger partial charge in [-0.15, -0.1) is 0 Å². The number of carbonyl (C=O) groups is 1. The summed E-state index contributed by atoms with van der Waals surface area (Å²) in [5.74, 6) is -0.977. The number of fused-ring (bicyclic) bond motifs is 1. The number of rotatable bonds is 7. The zero-order chi connectivity index (χ0) is 23.6. The van der Waals surface area contributed by atoms with E-state index in [4.69, 9.17) is 0 Å². The van der Waals surface area contributed by atoms with Gasteiger partial charge in [-0.05, 0) is 30.5 Å². The van der Waals surface area contributed by atoms with Gasteiger partial charge in [0.15, 0.2) is 21.3 Å². The van der Waals surface area contributed by atoms with Crippen molar-refractivity contribution in [1.29, 1.82) is 0 Å². The average molecular weight is 463 g/mol. The lowest BCUT2D eigenvalue weighted by atomic mass is 9.99. The van der Waals surface area contributed by atoms with Crippen molar-refractivity contribution in [3.8, 4) is 0 Å². The molecule has 32 heavy (non-hydrogen) atoms. The van der Waals surface area contributed by atoms with Gasteiger partial charge in [0, 0.05) is 32.1 Å². The van der Waals surface area contributed by atoms with E-state index in [1.165, 1.54) is 12.1 Å². The number of benzene rings is 1. The molecule has 0 aromatic heterocycles. The Morgan fingerprint density at radius 2 is 2.03 bits per heavy atom. The molecule has 1 fully saturated rings. The molecule has 0 radical (unpaired) electrons. The van der Waals surface area contributed by atoms with Gasteiger partial charge in [-0.1, -0.05) is 25.3 Å². The van der Waals surface area contributed by atoms with E-state index >= 15 is 0 Å². The quantitative estimate of drug-likeness (QED) is 0.643. The molecule has 0 spiro atoms. The monoisotopic (exact) mass is 462 g/mol. The number of likely N-dealkylation sites (N-methyl/N-ethyl adjacent to an activating group) is 1. The average Bonchev–Trinajstić information content (AvgIpc) is 2.73. The van der Waals surface area contributed by atoms with E-state index in [1.807, 2.05) is 0 Å². The van der Waals surface area contributed by atoms with E-state index in [-0.39, 0.29) is 41.3 Å². The Kier molecular flexibility index (Phi) is 6.73. The van der Waals surface area contributed by atoms with Crippen LogP contribution in [0.4, 0.5) is 4.39 Å². The van der Waals surface area contributed by atoms with Crippen molar-refractivity contribution in [2.45, 2.75) is 25.4 Å². The molecule has 0 saturated carbocycles. The molecule has 8 nitrogen and oxygen atoms in total. The SMILES string of the molecule is C=C1C(O)=C(C(=O)NCc2ccc(F)cc2)N=C2C(N(C)C(=C)CS(C)(=O)=O)CCCN12. The number of aliphatic hydroxyl groups excluding tert-OH is 1.